The number of fused-ring (bicyclic) bond motifs is 6. The van der Waals surface area contributed by atoms with Crippen LogP contribution >= 0.6 is 0 Å². The van der Waals surface area contributed by atoms with E-state index in [1.54, 1.807) is 22.3 Å². The van der Waals surface area contributed by atoms with Gasteiger partial charge in [-0.05, 0) is 0 Å². The summed E-state index contributed by atoms with van der Waals surface area (Å²) in [6.07, 6.45) is 0. The van der Waals surface area contributed by atoms with Gasteiger partial charge in [-0.3, -0.25) is 0 Å². The zero-order valence-electron chi connectivity index (χ0n) is 17.5. The van der Waals surface area contributed by atoms with E-state index in [-0.39, 0.29) is 0 Å². The van der Waals surface area contributed by atoms with Crippen LogP contribution in [0.5, 0.6) is 0 Å². The molecule has 4 aromatic rings. The van der Waals surface area contributed by atoms with E-state index in [1.807, 2.05) is 0 Å². The third-order valence-electron chi connectivity index (χ3n) is 7.00. The molecule has 0 bridgehead atoms. The number of hydrogen-bond acceptors (Lipinski definition) is 0. The van der Waals surface area contributed by atoms with Gasteiger partial charge in [-0.1, -0.05) is 0 Å². The Kier molecular flexibility index (Phi) is 4.54. The topological polar surface area (TPSA) is 0 Å². The van der Waals surface area contributed by atoms with E-state index in [9.17, 15) is 0 Å². The third kappa shape index (κ3) is 2.66. The van der Waals surface area contributed by atoms with Gasteiger partial charge in [0.15, 0.2) is 0 Å². The van der Waals surface area contributed by atoms with Crippen molar-refractivity contribution in [3.8, 4) is 22.3 Å². The van der Waals surface area contributed by atoms with Crippen LogP contribution in [0.4, 0.5) is 0 Å². The summed E-state index contributed by atoms with van der Waals surface area (Å²) in [5.74, 6) is -0.814. The number of benzene rings is 4. The molecular weight excluding hydrogens is 543 g/mol. The summed E-state index contributed by atoms with van der Waals surface area (Å²) in [5, 5.41) is 0. The first-order chi connectivity index (χ1) is 14.8. The fraction of sp³-hybridized carbons (Fsp3) is 0.143. The molecule has 0 amide bonds. The van der Waals surface area contributed by atoms with Gasteiger partial charge in [-0.15, -0.1) is 0 Å². The summed E-state index contributed by atoms with van der Waals surface area (Å²) < 4.78 is 1.39. The fourth-order valence-electron chi connectivity index (χ4n) is 5.86. The molecule has 0 heterocycles. The Bertz CT molecular complexity index is 1070. The van der Waals surface area contributed by atoms with Crippen LogP contribution in [0.1, 0.15) is 29.6 Å². The SMILES string of the molecule is C[SiH](C)[Hf]([CH]1c2ccccc2-c2ccccc21)[CH]1c2ccccc2-c2ccccc21. The van der Waals surface area contributed by atoms with Gasteiger partial charge in [-0.2, -0.15) is 0 Å². The zero-order valence-corrected chi connectivity index (χ0v) is 22.2. The number of hydrogen-bond donors (Lipinski definition) is 0. The first-order valence-corrected chi connectivity index (χ1v) is 24.2. The molecule has 4 aromatic carbocycles. The van der Waals surface area contributed by atoms with E-state index >= 15 is 0 Å². The van der Waals surface area contributed by atoms with E-state index < -0.39 is 26.6 Å². The Morgan fingerprint density at radius 3 is 1.00 bits per heavy atom. The van der Waals surface area contributed by atoms with Crippen LogP contribution < -0.4 is 0 Å². The third-order valence-corrected chi connectivity index (χ3v) is 37.4. The maximum atomic E-state index is 2.65. The molecule has 0 atom stereocenters. The summed E-state index contributed by atoms with van der Waals surface area (Å²) in [7, 11) is 0. The normalized spacial score (nSPS) is 14.4. The van der Waals surface area contributed by atoms with Crippen molar-refractivity contribution < 1.29 is 20.6 Å². The van der Waals surface area contributed by atoms with Gasteiger partial charge >= 0.3 is 189 Å². The van der Waals surface area contributed by atoms with Gasteiger partial charge in [0.2, 0.25) is 0 Å². The molecule has 30 heavy (non-hydrogen) atoms. The molecule has 6 rings (SSSR count). The molecule has 2 aliphatic rings. The van der Waals surface area contributed by atoms with E-state index in [0.29, 0.717) is 7.35 Å². The van der Waals surface area contributed by atoms with Gasteiger partial charge in [0.1, 0.15) is 0 Å². The minimum absolute atomic E-state index is 0.693. The van der Waals surface area contributed by atoms with Crippen molar-refractivity contribution >= 4 is 5.98 Å². The van der Waals surface area contributed by atoms with E-state index in [0.717, 1.165) is 0 Å². The molecule has 0 spiro atoms. The van der Waals surface area contributed by atoms with Crippen LogP contribution in [0.25, 0.3) is 22.3 Å². The second kappa shape index (κ2) is 7.28. The Morgan fingerprint density at radius 1 is 0.467 bits per heavy atom. The summed E-state index contributed by atoms with van der Waals surface area (Å²) in [6, 6.07) is 37.1. The van der Waals surface area contributed by atoms with Crippen molar-refractivity contribution in [2.75, 3.05) is 0 Å². The summed E-state index contributed by atoms with van der Waals surface area (Å²) in [6.45, 7) is 5.30. The first kappa shape index (κ1) is 18.7. The van der Waals surface area contributed by atoms with E-state index in [2.05, 4.69) is 110 Å². The molecule has 0 saturated carbocycles. The predicted octanol–water partition coefficient (Wildman–Crippen LogP) is 7.13. The van der Waals surface area contributed by atoms with Crippen LogP contribution in [0, 0.1) is 0 Å². The molecule has 0 fully saturated rings. The van der Waals surface area contributed by atoms with Crippen molar-refractivity contribution in [2.45, 2.75) is 20.4 Å². The van der Waals surface area contributed by atoms with Crippen molar-refractivity contribution in [1.29, 1.82) is 0 Å². The van der Waals surface area contributed by atoms with Crippen LogP contribution in [-0.4, -0.2) is 5.98 Å². The van der Waals surface area contributed by atoms with Crippen LogP contribution in [-0.2, 0) is 20.6 Å². The van der Waals surface area contributed by atoms with Crippen molar-refractivity contribution in [3.05, 3.63) is 119 Å². The van der Waals surface area contributed by atoms with E-state index in [1.165, 1.54) is 22.3 Å². The molecule has 2 heteroatoms. The summed E-state index contributed by atoms with van der Waals surface area (Å²) in [4.78, 5) is 0. The monoisotopic (exact) mass is 569 g/mol. The minimum atomic E-state index is -2.21. The van der Waals surface area contributed by atoms with Gasteiger partial charge in [0, 0.05) is 0 Å². The molecule has 0 N–H and O–H groups in total. The molecule has 145 valence electrons. The Labute approximate surface area is 187 Å². The maximum absolute atomic E-state index is 2.65. The zero-order chi connectivity index (χ0) is 20.2. The number of rotatable bonds is 3. The molecular formula is C28H25HfSi. The van der Waals surface area contributed by atoms with Crippen molar-refractivity contribution in [3.63, 3.8) is 0 Å². The van der Waals surface area contributed by atoms with E-state index in [4.69, 9.17) is 0 Å². The second-order valence-corrected chi connectivity index (χ2v) is 36.8. The molecule has 0 radical (unpaired) electrons. The second-order valence-electron chi connectivity index (χ2n) is 8.87. The predicted molar refractivity (Wildman–Crippen MR) is 126 cm³/mol. The van der Waals surface area contributed by atoms with Gasteiger partial charge in [0.25, 0.3) is 0 Å². The Morgan fingerprint density at radius 2 is 0.733 bits per heavy atom. The summed E-state index contributed by atoms with van der Waals surface area (Å²) in [5.41, 5.74) is 12.5. The molecule has 0 saturated heterocycles. The van der Waals surface area contributed by atoms with Crippen LogP contribution in [0.3, 0.4) is 0 Å². The summed E-state index contributed by atoms with van der Waals surface area (Å²) >= 11 is -2.21. The Hall–Kier alpha value is -2.03. The van der Waals surface area contributed by atoms with Gasteiger partial charge in [0.05, 0.1) is 0 Å². The van der Waals surface area contributed by atoms with Crippen molar-refractivity contribution in [1.82, 2.24) is 0 Å². The Balaban J connectivity index is 1.61. The molecule has 0 aromatic heterocycles. The molecule has 0 aliphatic heterocycles. The van der Waals surface area contributed by atoms with Gasteiger partial charge in [-0.25, -0.2) is 0 Å². The fourth-order valence-corrected chi connectivity index (χ4v) is 37.4. The first-order valence-electron chi connectivity index (χ1n) is 11.0. The average Bonchev–Trinajstić information content (AvgIpc) is 3.29. The standard InChI is InChI=1S/2C13H9.C2H7Si.Hf/c2*1-3-7-12-10(5-1)9-11-6-2-4-8-13(11)12;1-3-2;/h2*1-9H;3H,1-2H3;. The van der Waals surface area contributed by atoms with Gasteiger partial charge < -0.3 is 0 Å². The van der Waals surface area contributed by atoms with Crippen LogP contribution in [0.15, 0.2) is 97.1 Å². The average molecular weight is 568 g/mol. The van der Waals surface area contributed by atoms with Crippen LogP contribution in [0.2, 0.25) is 13.1 Å². The quantitative estimate of drug-likeness (QED) is 0.231. The van der Waals surface area contributed by atoms with Crippen molar-refractivity contribution in [2.24, 2.45) is 0 Å². The molecule has 0 nitrogen and oxygen atoms in total. The molecule has 2 aliphatic carbocycles. The molecule has 0 unspecified atom stereocenters.